The van der Waals surface area contributed by atoms with Crippen LogP contribution in [0.25, 0.3) is 10.9 Å². The van der Waals surface area contributed by atoms with Crippen LogP contribution in [-0.4, -0.2) is 48.8 Å². The number of sulfonamides is 1. The predicted molar refractivity (Wildman–Crippen MR) is 129 cm³/mol. The minimum atomic E-state index is -4.34. The van der Waals surface area contributed by atoms with Crippen molar-refractivity contribution < 1.29 is 32.6 Å². The van der Waals surface area contributed by atoms with Crippen LogP contribution < -0.4 is 14.8 Å². The average Bonchev–Trinajstić information content (AvgIpc) is 2.78. The van der Waals surface area contributed by atoms with Gasteiger partial charge in [-0.05, 0) is 36.8 Å². The molecule has 184 valence electrons. The van der Waals surface area contributed by atoms with Crippen molar-refractivity contribution >= 4 is 44.8 Å². The number of carbonyl (C=O) groups is 3. The van der Waals surface area contributed by atoms with Gasteiger partial charge in [0.05, 0.1) is 18.0 Å². The van der Waals surface area contributed by atoms with Crippen molar-refractivity contribution in [1.29, 1.82) is 0 Å². The van der Waals surface area contributed by atoms with Crippen LogP contribution in [0, 0.1) is 0 Å². The number of hydrogen-bond acceptors (Lipinski definition) is 7. The molecule has 10 nitrogen and oxygen atoms in total. The van der Waals surface area contributed by atoms with E-state index in [1.54, 1.807) is 13.1 Å². The summed E-state index contributed by atoms with van der Waals surface area (Å²) in [6, 6.07) is 11.9. The van der Waals surface area contributed by atoms with E-state index in [1.807, 2.05) is 30.3 Å². The van der Waals surface area contributed by atoms with Gasteiger partial charge >= 0.3 is 5.97 Å². The summed E-state index contributed by atoms with van der Waals surface area (Å²) in [6.45, 7) is 3.08. The number of carboxylic acid groups (broad SMARTS) is 1. The van der Waals surface area contributed by atoms with Crippen LogP contribution in [0.5, 0.6) is 5.75 Å². The van der Waals surface area contributed by atoms with E-state index >= 15 is 0 Å². The fourth-order valence-electron chi connectivity index (χ4n) is 3.58. The molecule has 2 aromatic carbocycles. The number of rotatable bonds is 11. The normalized spacial score (nSPS) is 13.1. The lowest BCUT2D eigenvalue weighted by Crippen LogP contribution is -2.37. The van der Waals surface area contributed by atoms with E-state index in [1.165, 1.54) is 25.1 Å². The van der Waals surface area contributed by atoms with Crippen LogP contribution >= 0.6 is 0 Å². The number of aromatic nitrogens is 1. The predicted octanol–water partition coefficient (Wildman–Crippen LogP) is 2.52. The monoisotopic (exact) mass is 499 g/mol. The number of carbonyl (C=O) groups excluding carboxylic acids is 2. The third kappa shape index (κ3) is 6.84. The molecule has 35 heavy (non-hydrogen) atoms. The van der Waals surface area contributed by atoms with Crippen molar-refractivity contribution in [2.45, 2.75) is 43.7 Å². The first-order chi connectivity index (χ1) is 16.6. The molecule has 0 spiro atoms. The molecule has 3 aromatic rings. The molecule has 2 atom stereocenters. The molecule has 0 saturated carbocycles. The van der Waals surface area contributed by atoms with E-state index in [0.717, 1.165) is 16.5 Å². The van der Waals surface area contributed by atoms with Gasteiger partial charge in [0.2, 0.25) is 15.9 Å². The lowest BCUT2D eigenvalue weighted by atomic mass is 10.0. The molecule has 0 saturated heterocycles. The van der Waals surface area contributed by atoms with Crippen molar-refractivity contribution in [2.24, 2.45) is 0 Å². The van der Waals surface area contributed by atoms with Gasteiger partial charge in [-0.1, -0.05) is 18.2 Å². The van der Waals surface area contributed by atoms with Crippen LogP contribution in [-0.2, 0) is 30.8 Å². The van der Waals surface area contributed by atoms with E-state index in [9.17, 15) is 22.8 Å². The zero-order valence-electron chi connectivity index (χ0n) is 19.1. The fraction of sp³-hybridized carbons (Fsp3) is 0.250. The standard InChI is InChI=1S/C24H25N3O7S/c1-15(11-17-5-3-7-21-20(17)6-4-10-25-21)34-22-12-18(26-16(2)29)8-9-23(22)35(32,33)27-19(14-28)13-24(30)31/h3-10,12,14-15,19,27H,11,13H2,1-2H3,(H,26,29)(H,30,31). The smallest absolute Gasteiger partial charge is 0.305 e. The number of nitrogens with one attached hydrogen (secondary N) is 2. The summed E-state index contributed by atoms with van der Waals surface area (Å²) in [5, 5.41) is 12.4. The number of anilines is 1. The molecule has 0 fully saturated rings. The summed E-state index contributed by atoms with van der Waals surface area (Å²) < 4.78 is 34.1. The Hall–Kier alpha value is -3.83. The maximum atomic E-state index is 13.0. The number of fused-ring (bicyclic) bond motifs is 1. The Labute approximate surface area is 202 Å². The number of benzene rings is 2. The Balaban J connectivity index is 1.93. The molecular formula is C24H25N3O7S. The Morgan fingerprint density at radius 1 is 1.17 bits per heavy atom. The maximum absolute atomic E-state index is 13.0. The van der Waals surface area contributed by atoms with Crippen LogP contribution in [0.1, 0.15) is 25.8 Å². The van der Waals surface area contributed by atoms with Gasteiger partial charge in [0.25, 0.3) is 0 Å². The molecule has 1 amide bonds. The SMILES string of the molecule is CC(=O)Nc1ccc(S(=O)(=O)NC(C=O)CC(=O)O)c(OC(C)Cc2cccc3ncccc23)c1. The minimum absolute atomic E-state index is 0.0606. The second kappa shape index (κ2) is 11.1. The van der Waals surface area contributed by atoms with E-state index in [0.29, 0.717) is 12.1 Å². The van der Waals surface area contributed by atoms with Gasteiger partial charge in [-0.2, -0.15) is 0 Å². The zero-order chi connectivity index (χ0) is 25.6. The number of hydrogen-bond donors (Lipinski definition) is 3. The Bertz CT molecular complexity index is 1350. The number of aliphatic carboxylic acids is 1. The number of ether oxygens (including phenoxy) is 1. The van der Waals surface area contributed by atoms with Crippen LogP contribution in [0.4, 0.5) is 5.69 Å². The second-order valence-electron chi connectivity index (χ2n) is 7.92. The van der Waals surface area contributed by atoms with E-state index in [-0.39, 0.29) is 22.8 Å². The Morgan fingerprint density at radius 2 is 1.94 bits per heavy atom. The summed E-state index contributed by atoms with van der Waals surface area (Å²) in [5.41, 5.74) is 2.08. The molecule has 2 unspecified atom stereocenters. The Morgan fingerprint density at radius 3 is 2.63 bits per heavy atom. The largest absolute Gasteiger partial charge is 0.489 e. The molecule has 3 rings (SSSR count). The first-order valence-corrected chi connectivity index (χ1v) is 12.2. The van der Waals surface area contributed by atoms with Crippen LogP contribution in [0.15, 0.2) is 59.6 Å². The van der Waals surface area contributed by atoms with Crippen molar-refractivity contribution in [3.8, 4) is 5.75 Å². The molecule has 1 heterocycles. The molecule has 0 aliphatic rings. The Kier molecular flexibility index (Phi) is 8.15. The molecule has 3 N–H and O–H groups in total. The topological polar surface area (TPSA) is 152 Å². The molecule has 1 aromatic heterocycles. The lowest BCUT2D eigenvalue weighted by molar-refractivity contribution is -0.138. The van der Waals surface area contributed by atoms with E-state index in [4.69, 9.17) is 9.84 Å². The number of aldehydes is 1. The third-order valence-corrected chi connectivity index (χ3v) is 6.52. The zero-order valence-corrected chi connectivity index (χ0v) is 19.9. The van der Waals surface area contributed by atoms with Crippen molar-refractivity contribution in [2.75, 3.05) is 5.32 Å². The highest BCUT2D eigenvalue weighted by Gasteiger charge is 2.26. The highest BCUT2D eigenvalue weighted by Crippen LogP contribution is 2.30. The van der Waals surface area contributed by atoms with Crippen molar-refractivity contribution in [3.05, 3.63) is 60.3 Å². The second-order valence-corrected chi connectivity index (χ2v) is 9.61. The molecule has 0 aliphatic heterocycles. The molecule has 11 heteroatoms. The number of pyridine rings is 1. The van der Waals surface area contributed by atoms with Gasteiger partial charge in [-0.15, -0.1) is 0 Å². The van der Waals surface area contributed by atoms with Gasteiger partial charge in [0.15, 0.2) is 0 Å². The fourth-order valence-corrected chi connectivity index (χ4v) is 4.87. The summed E-state index contributed by atoms with van der Waals surface area (Å²) in [4.78, 5) is 37.7. The maximum Gasteiger partial charge on any atom is 0.305 e. The molecule has 0 bridgehead atoms. The molecular weight excluding hydrogens is 474 g/mol. The highest BCUT2D eigenvalue weighted by molar-refractivity contribution is 7.89. The molecule has 0 radical (unpaired) electrons. The summed E-state index contributed by atoms with van der Waals surface area (Å²) in [7, 11) is -4.34. The minimum Gasteiger partial charge on any atom is -0.489 e. The highest BCUT2D eigenvalue weighted by atomic mass is 32.2. The summed E-state index contributed by atoms with van der Waals surface area (Å²) >= 11 is 0. The average molecular weight is 500 g/mol. The lowest BCUT2D eigenvalue weighted by Gasteiger charge is -2.20. The van der Waals surface area contributed by atoms with Crippen molar-refractivity contribution in [3.63, 3.8) is 0 Å². The van der Waals surface area contributed by atoms with Gasteiger partial charge in [0.1, 0.15) is 23.0 Å². The first kappa shape index (κ1) is 25.8. The van der Waals surface area contributed by atoms with Gasteiger partial charge in [-0.3, -0.25) is 14.6 Å². The first-order valence-electron chi connectivity index (χ1n) is 10.7. The molecule has 0 aliphatic carbocycles. The summed E-state index contributed by atoms with van der Waals surface area (Å²) in [5.74, 6) is -1.75. The van der Waals surface area contributed by atoms with E-state index in [2.05, 4.69) is 15.0 Å². The van der Waals surface area contributed by atoms with E-state index < -0.39 is 34.6 Å². The van der Waals surface area contributed by atoms with Crippen molar-refractivity contribution in [1.82, 2.24) is 9.71 Å². The van der Waals surface area contributed by atoms with Crippen LogP contribution in [0.3, 0.4) is 0 Å². The van der Waals surface area contributed by atoms with Gasteiger partial charge in [-0.25, -0.2) is 13.1 Å². The number of nitrogens with zero attached hydrogens (tertiary/aromatic N) is 1. The summed E-state index contributed by atoms with van der Waals surface area (Å²) in [6.07, 6.45) is 1.13. The van der Waals surface area contributed by atoms with Crippen LogP contribution in [0.2, 0.25) is 0 Å². The third-order valence-electron chi connectivity index (χ3n) is 4.99. The quantitative estimate of drug-likeness (QED) is 0.340. The van der Waals surface area contributed by atoms with Gasteiger partial charge < -0.3 is 20.0 Å². The van der Waals surface area contributed by atoms with Gasteiger partial charge in [0, 0.05) is 36.7 Å². The number of carboxylic acids is 1. The number of amides is 1.